The molecule has 1 saturated carbocycles. The Labute approximate surface area is 223 Å². The number of benzene rings is 2. The van der Waals surface area contributed by atoms with E-state index in [0.29, 0.717) is 18.1 Å². The Morgan fingerprint density at radius 1 is 1.06 bits per heavy atom. The highest BCUT2D eigenvalue weighted by Gasteiger charge is 2.43. The lowest BCUT2D eigenvalue weighted by molar-refractivity contribution is -0.129. The summed E-state index contributed by atoms with van der Waals surface area (Å²) in [6, 6.07) is 15.9. The van der Waals surface area contributed by atoms with Gasteiger partial charge in [-0.2, -0.15) is 0 Å². The van der Waals surface area contributed by atoms with Gasteiger partial charge in [-0.1, -0.05) is 48.7 Å². The molecule has 2 amide bonds. The highest BCUT2D eigenvalue weighted by molar-refractivity contribution is 7.23. The number of nitrogens with one attached hydrogen (secondary N) is 1. The highest BCUT2D eigenvalue weighted by atomic mass is 35.5. The smallest absolute Gasteiger partial charge is 0.235 e. The van der Waals surface area contributed by atoms with Crippen LogP contribution in [0.5, 0.6) is 0 Å². The monoisotopic (exact) mass is 535 g/mol. The molecule has 2 aliphatic rings. The van der Waals surface area contributed by atoms with E-state index < -0.39 is 5.41 Å². The summed E-state index contributed by atoms with van der Waals surface area (Å²) >= 11 is 9.40. The quantitative estimate of drug-likeness (QED) is 0.305. The van der Waals surface area contributed by atoms with E-state index in [1.165, 1.54) is 5.56 Å². The number of thiophene rings is 1. The van der Waals surface area contributed by atoms with Crippen LogP contribution in [-0.4, -0.2) is 28.2 Å². The van der Waals surface area contributed by atoms with Crippen molar-refractivity contribution < 1.29 is 9.59 Å². The predicted octanol–water partition coefficient (Wildman–Crippen LogP) is 7.03. The predicted molar refractivity (Wildman–Crippen MR) is 148 cm³/mol. The van der Waals surface area contributed by atoms with Crippen LogP contribution in [0.15, 0.2) is 48.5 Å². The van der Waals surface area contributed by atoms with Crippen LogP contribution >= 0.6 is 34.3 Å². The number of hydrogen-bond donors (Lipinski definition) is 1. The van der Waals surface area contributed by atoms with Crippen molar-refractivity contribution in [1.29, 1.82) is 0 Å². The van der Waals surface area contributed by atoms with Gasteiger partial charge in [0.15, 0.2) is 0 Å². The second-order valence-electron chi connectivity index (χ2n) is 9.64. The third-order valence-electron chi connectivity index (χ3n) is 7.53. The van der Waals surface area contributed by atoms with Crippen molar-refractivity contribution in [2.75, 3.05) is 11.9 Å². The fourth-order valence-corrected chi connectivity index (χ4v) is 8.08. The van der Waals surface area contributed by atoms with Crippen molar-refractivity contribution in [3.05, 3.63) is 69.6 Å². The molecule has 3 heterocycles. The maximum atomic E-state index is 14.0. The number of thiazole rings is 1. The molecule has 8 heteroatoms. The number of fused-ring (bicyclic) bond motifs is 2. The third-order valence-corrected chi connectivity index (χ3v) is 9.96. The average molecular weight is 536 g/mol. The molecule has 0 atom stereocenters. The molecule has 2 aromatic heterocycles. The summed E-state index contributed by atoms with van der Waals surface area (Å²) in [4.78, 5) is 34.1. The van der Waals surface area contributed by atoms with Crippen molar-refractivity contribution in [3.8, 4) is 10.6 Å². The molecule has 1 fully saturated rings. The van der Waals surface area contributed by atoms with Crippen molar-refractivity contribution in [2.45, 2.75) is 51.0 Å². The number of halogens is 1. The summed E-state index contributed by atoms with van der Waals surface area (Å²) < 4.78 is 1.12. The van der Waals surface area contributed by atoms with E-state index >= 15 is 0 Å². The Kier molecular flexibility index (Phi) is 6.10. The summed E-state index contributed by atoms with van der Waals surface area (Å²) in [5.41, 5.74) is 3.65. The summed E-state index contributed by atoms with van der Waals surface area (Å²) in [5, 5.41) is 5.80. The van der Waals surface area contributed by atoms with E-state index in [4.69, 9.17) is 16.6 Å². The van der Waals surface area contributed by atoms with E-state index in [0.717, 1.165) is 68.3 Å². The first-order chi connectivity index (χ1) is 17.4. The zero-order chi connectivity index (χ0) is 24.9. The van der Waals surface area contributed by atoms with Crippen molar-refractivity contribution in [3.63, 3.8) is 0 Å². The van der Waals surface area contributed by atoms with Gasteiger partial charge in [0.2, 0.25) is 11.8 Å². The van der Waals surface area contributed by atoms with Crippen LogP contribution < -0.4 is 5.32 Å². The van der Waals surface area contributed by atoms with Gasteiger partial charge in [-0.25, -0.2) is 4.98 Å². The Morgan fingerprint density at radius 3 is 2.53 bits per heavy atom. The molecule has 0 bridgehead atoms. The number of para-hydroxylation sites is 1. The Bertz CT molecular complexity index is 1430. The minimum atomic E-state index is -0.564. The number of hydrogen-bond acceptors (Lipinski definition) is 5. The molecule has 4 aromatic rings. The molecule has 5 nitrogen and oxygen atoms in total. The first-order valence-electron chi connectivity index (χ1n) is 12.3. The maximum Gasteiger partial charge on any atom is 0.235 e. The lowest BCUT2D eigenvalue weighted by atomic mass is 9.78. The normalized spacial score (nSPS) is 16.8. The molecule has 6 rings (SSSR count). The summed E-state index contributed by atoms with van der Waals surface area (Å²) in [5.74, 6) is 0.112. The third kappa shape index (κ3) is 4.03. The van der Waals surface area contributed by atoms with E-state index in [2.05, 4.69) is 11.4 Å². The van der Waals surface area contributed by atoms with Crippen LogP contribution in [0.25, 0.3) is 20.8 Å². The number of amides is 2. The fourth-order valence-electron chi connectivity index (χ4n) is 5.58. The Balaban J connectivity index is 1.43. The second kappa shape index (κ2) is 9.29. The molecule has 0 radical (unpaired) electrons. The van der Waals surface area contributed by atoms with E-state index in [-0.39, 0.29) is 11.8 Å². The van der Waals surface area contributed by atoms with Crippen LogP contribution in [0.4, 0.5) is 5.00 Å². The second-order valence-corrected chi connectivity index (χ2v) is 12.2. The zero-order valence-corrected chi connectivity index (χ0v) is 22.4. The number of carbonyl (C=O) groups is 2. The lowest BCUT2D eigenvalue weighted by Crippen LogP contribution is -2.37. The number of carbonyl (C=O) groups excluding carboxylic acids is 2. The van der Waals surface area contributed by atoms with Gasteiger partial charge in [-0.05, 0) is 54.7 Å². The van der Waals surface area contributed by atoms with Gasteiger partial charge in [0.05, 0.1) is 22.2 Å². The van der Waals surface area contributed by atoms with Gasteiger partial charge in [-0.15, -0.1) is 22.7 Å². The summed E-state index contributed by atoms with van der Waals surface area (Å²) in [7, 11) is 0. The number of aromatic nitrogens is 1. The molecular formula is C28H26ClN3O2S2. The van der Waals surface area contributed by atoms with E-state index in [1.807, 2.05) is 47.4 Å². The van der Waals surface area contributed by atoms with Crippen LogP contribution in [0.2, 0.25) is 5.02 Å². The SMILES string of the molecule is CC(=O)N1CCc2c(sc(NC(=O)C3(c4ccc(Cl)cc4)CCCC3)c2-c2nc3ccccc3s2)C1. The van der Waals surface area contributed by atoms with Crippen LogP contribution in [0.1, 0.15) is 48.6 Å². The summed E-state index contributed by atoms with van der Waals surface area (Å²) in [6.07, 6.45) is 4.44. The zero-order valence-electron chi connectivity index (χ0n) is 20.0. The Hall–Kier alpha value is -2.74. The van der Waals surface area contributed by atoms with E-state index in [9.17, 15) is 9.59 Å². The standard InChI is InChI=1S/C28H26ClN3O2S2/c1-17(33)32-15-12-20-23(16-32)36-26(24(20)25-30-21-6-2-3-7-22(21)35-25)31-27(34)28(13-4-5-14-28)18-8-10-19(29)11-9-18/h2-3,6-11H,4-5,12-16H2,1H3,(H,31,34). The number of rotatable bonds is 4. The number of nitrogens with zero attached hydrogens (tertiary/aromatic N) is 2. The molecule has 0 unspecified atom stereocenters. The van der Waals surface area contributed by atoms with Crippen LogP contribution in [0.3, 0.4) is 0 Å². The molecule has 2 aromatic carbocycles. The van der Waals surface area contributed by atoms with Gasteiger partial charge >= 0.3 is 0 Å². The molecule has 1 aliphatic carbocycles. The van der Waals surface area contributed by atoms with Gasteiger partial charge in [0.25, 0.3) is 0 Å². The van der Waals surface area contributed by atoms with E-state index in [1.54, 1.807) is 29.6 Å². The van der Waals surface area contributed by atoms with Gasteiger partial charge in [-0.3, -0.25) is 9.59 Å². The average Bonchev–Trinajstić information content (AvgIpc) is 3.60. The molecule has 0 spiro atoms. The number of anilines is 1. The largest absolute Gasteiger partial charge is 0.337 e. The molecular weight excluding hydrogens is 510 g/mol. The van der Waals surface area contributed by atoms with Gasteiger partial charge in [0.1, 0.15) is 10.0 Å². The maximum absolute atomic E-state index is 14.0. The Morgan fingerprint density at radius 2 is 1.81 bits per heavy atom. The topological polar surface area (TPSA) is 62.3 Å². The molecule has 0 saturated heterocycles. The minimum Gasteiger partial charge on any atom is -0.337 e. The molecule has 36 heavy (non-hydrogen) atoms. The van der Waals surface area contributed by atoms with Gasteiger partial charge < -0.3 is 10.2 Å². The van der Waals surface area contributed by atoms with Crippen molar-refractivity contribution in [2.24, 2.45) is 0 Å². The van der Waals surface area contributed by atoms with Crippen LogP contribution in [-0.2, 0) is 28.0 Å². The van der Waals surface area contributed by atoms with Gasteiger partial charge in [0, 0.05) is 28.9 Å². The first kappa shape index (κ1) is 23.6. The first-order valence-corrected chi connectivity index (χ1v) is 14.3. The minimum absolute atomic E-state index is 0.0340. The molecule has 1 N–H and O–H groups in total. The molecule has 1 aliphatic heterocycles. The molecule has 184 valence electrons. The summed E-state index contributed by atoms with van der Waals surface area (Å²) in [6.45, 7) is 2.87. The van der Waals surface area contributed by atoms with Crippen LogP contribution in [0, 0.1) is 0 Å². The lowest BCUT2D eigenvalue weighted by Gasteiger charge is -2.28. The highest BCUT2D eigenvalue weighted by Crippen LogP contribution is 2.48. The fraction of sp³-hybridized carbons (Fsp3) is 0.321. The van der Waals surface area contributed by atoms with Crippen molar-refractivity contribution >= 4 is 61.3 Å². The van der Waals surface area contributed by atoms with Crippen molar-refractivity contribution in [1.82, 2.24) is 9.88 Å².